The lowest BCUT2D eigenvalue weighted by Crippen LogP contribution is -2.50. The zero-order chi connectivity index (χ0) is 13.2. The molecule has 1 saturated heterocycles. The Balaban J connectivity index is 2.15. The second kappa shape index (κ2) is 5.55. The fourth-order valence-corrected chi connectivity index (χ4v) is 3.83. The van der Waals surface area contributed by atoms with Gasteiger partial charge >= 0.3 is 0 Å². The van der Waals surface area contributed by atoms with Crippen molar-refractivity contribution in [2.24, 2.45) is 5.84 Å². The van der Waals surface area contributed by atoms with E-state index in [2.05, 4.69) is 12.3 Å². The van der Waals surface area contributed by atoms with E-state index in [-0.39, 0.29) is 10.8 Å². The van der Waals surface area contributed by atoms with Gasteiger partial charge in [0.1, 0.15) is 11.6 Å². The molecule has 18 heavy (non-hydrogen) atoms. The maximum atomic E-state index is 13.6. The van der Waals surface area contributed by atoms with E-state index in [1.54, 1.807) is 0 Å². The molecule has 1 aromatic rings. The van der Waals surface area contributed by atoms with E-state index in [9.17, 15) is 8.78 Å². The number of hydrogen-bond acceptors (Lipinski definition) is 3. The first-order valence-electron chi connectivity index (χ1n) is 6.09. The van der Waals surface area contributed by atoms with Crippen molar-refractivity contribution in [2.45, 2.75) is 37.0 Å². The van der Waals surface area contributed by atoms with Crippen LogP contribution in [0.15, 0.2) is 18.2 Å². The second-order valence-corrected chi connectivity index (χ2v) is 6.55. The van der Waals surface area contributed by atoms with Gasteiger partial charge in [0.2, 0.25) is 0 Å². The zero-order valence-corrected chi connectivity index (χ0v) is 11.2. The number of nitrogens with one attached hydrogen (secondary N) is 1. The van der Waals surface area contributed by atoms with Crippen LogP contribution in [0.4, 0.5) is 8.78 Å². The van der Waals surface area contributed by atoms with Crippen molar-refractivity contribution < 1.29 is 8.78 Å². The van der Waals surface area contributed by atoms with E-state index in [1.807, 2.05) is 11.8 Å². The monoisotopic (exact) mass is 272 g/mol. The van der Waals surface area contributed by atoms with Crippen molar-refractivity contribution in [3.05, 3.63) is 35.4 Å². The normalized spacial score (nSPS) is 25.3. The Hall–Kier alpha value is -0.650. The highest BCUT2D eigenvalue weighted by atomic mass is 32.2. The lowest BCUT2D eigenvalue weighted by Gasteiger charge is -2.33. The van der Waals surface area contributed by atoms with E-state index >= 15 is 0 Å². The van der Waals surface area contributed by atoms with Crippen LogP contribution in [0.5, 0.6) is 0 Å². The number of hydrogen-bond donors (Lipinski definition) is 2. The predicted molar refractivity (Wildman–Crippen MR) is 71.3 cm³/mol. The summed E-state index contributed by atoms with van der Waals surface area (Å²) in [4.78, 5) is 0. The third-order valence-electron chi connectivity index (χ3n) is 3.63. The molecule has 2 atom stereocenters. The molecule has 1 aromatic carbocycles. The molecule has 100 valence electrons. The molecule has 1 heterocycles. The molecular formula is C13H18F2N2S. The summed E-state index contributed by atoms with van der Waals surface area (Å²) in [5.41, 5.74) is 3.30. The van der Waals surface area contributed by atoms with Crippen LogP contribution in [0.3, 0.4) is 0 Å². The maximum absolute atomic E-state index is 13.6. The molecule has 0 aromatic heterocycles. The number of nitrogens with two attached hydrogens (primary N) is 1. The van der Waals surface area contributed by atoms with Crippen LogP contribution in [-0.4, -0.2) is 16.5 Å². The predicted octanol–water partition coefficient (Wildman–Crippen LogP) is 2.62. The molecule has 0 aliphatic carbocycles. The van der Waals surface area contributed by atoms with E-state index in [4.69, 9.17) is 5.84 Å². The summed E-state index contributed by atoms with van der Waals surface area (Å²) >= 11 is 1.87. The van der Waals surface area contributed by atoms with Gasteiger partial charge < -0.3 is 0 Å². The quantitative estimate of drug-likeness (QED) is 0.653. The first-order valence-corrected chi connectivity index (χ1v) is 7.08. The lowest BCUT2D eigenvalue weighted by molar-refractivity contribution is 0.400. The number of hydrazine groups is 1. The Morgan fingerprint density at radius 3 is 2.83 bits per heavy atom. The van der Waals surface area contributed by atoms with Gasteiger partial charge in [0, 0.05) is 16.9 Å². The second-order valence-electron chi connectivity index (χ2n) is 4.92. The molecule has 0 radical (unpaired) electrons. The molecule has 1 aliphatic heterocycles. The van der Waals surface area contributed by atoms with Crippen molar-refractivity contribution in [1.29, 1.82) is 0 Å². The van der Waals surface area contributed by atoms with Gasteiger partial charge in [-0.25, -0.2) is 8.78 Å². The Morgan fingerprint density at radius 2 is 2.28 bits per heavy atom. The fourth-order valence-electron chi connectivity index (χ4n) is 2.43. The fraction of sp³-hybridized carbons (Fsp3) is 0.538. The Morgan fingerprint density at radius 1 is 1.50 bits per heavy atom. The molecule has 5 heteroatoms. The van der Waals surface area contributed by atoms with E-state index < -0.39 is 11.6 Å². The van der Waals surface area contributed by atoms with Gasteiger partial charge in [-0.1, -0.05) is 6.07 Å². The van der Waals surface area contributed by atoms with Gasteiger partial charge in [0.15, 0.2) is 0 Å². The molecule has 0 bridgehead atoms. The highest BCUT2D eigenvalue weighted by Crippen LogP contribution is 2.41. The van der Waals surface area contributed by atoms with Crippen molar-refractivity contribution in [2.75, 3.05) is 5.75 Å². The molecule has 2 unspecified atom stereocenters. The van der Waals surface area contributed by atoms with Gasteiger partial charge in [-0.15, -0.1) is 0 Å². The van der Waals surface area contributed by atoms with Crippen molar-refractivity contribution in [3.63, 3.8) is 0 Å². The van der Waals surface area contributed by atoms with E-state index in [1.165, 1.54) is 12.1 Å². The molecule has 0 amide bonds. The SMILES string of the molecule is CC1(C(Cc2ccc(F)cc2F)NN)CCCS1. The van der Waals surface area contributed by atoms with Crippen LogP contribution in [0.2, 0.25) is 0 Å². The van der Waals surface area contributed by atoms with Gasteiger partial charge in [0.05, 0.1) is 0 Å². The average Bonchev–Trinajstić information content (AvgIpc) is 2.76. The van der Waals surface area contributed by atoms with Gasteiger partial charge in [-0.3, -0.25) is 11.3 Å². The molecule has 2 rings (SSSR count). The van der Waals surface area contributed by atoms with Crippen LogP contribution >= 0.6 is 11.8 Å². The largest absolute Gasteiger partial charge is 0.271 e. The molecule has 1 aliphatic rings. The highest BCUT2D eigenvalue weighted by Gasteiger charge is 2.37. The summed E-state index contributed by atoms with van der Waals surface area (Å²) in [7, 11) is 0. The highest BCUT2D eigenvalue weighted by molar-refractivity contribution is 8.00. The van der Waals surface area contributed by atoms with Crippen molar-refractivity contribution in [1.82, 2.24) is 5.43 Å². The summed E-state index contributed by atoms with van der Waals surface area (Å²) in [6.45, 7) is 2.15. The van der Waals surface area contributed by atoms with Crippen LogP contribution in [0.25, 0.3) is 0 Å². The van der Waals surface area contributed by atoms with Crippen molar-refractivity contribution >= 4 is 11.8 Å². The summed E-state index contributed by atoms with van der Waals surface area (Å²) in [6.07, 6.45) is 2.70. The van der Waals surface area contributed by atoms with Gasteiger partial charge in [-0.2, -0.15) is 11.8 Å². The molecule has 3 N–H and O–H groups in total. The molecule has 2 nitrogen and oxygen atoms in total. The topological polar surface area (TPSA) is 38.0 Å². The zero-order valence-electron chi connectivity index (χ0n) is 10.4. The third-order valence-corrected chi connectivity index (χ3v) is 5.27. The van der Waals surface area contributed by atoms with Gasteiger partial charge in [0.25, 0.3) is 0 Å². The van der Waals surface area contributed by atoms with E-state index in [0.717, 1.165) is 24.7 Å². The number of halogens is 2. The Labute approximate surface area is 110 Å². The van der Waals surface area contributed by atoms with Crippen LogP contribution in [-0.2, 0) is 6.42 Å². The van der Waals surface area contributed by atoms with Crippen LogP contribution < -0.4 is 11.3 Å². The van der Waals surface area contributed by atoms with Crippen LogP contribution in [0, 0.1) is 11.6 Å². The Kier molecular flexibility index (Phi) is 4.25. The van der Waals surface area contributed by atoms with Gasteiger partial charge in [-0.05, 0) is 43.6 Å². The standard InChI is InChI=1S/C13H18F2N2S/c1-13(5-2-6-18-13)12(17-16)7-9-3-4-10(14)8-11(9)15/h3-4,8,12,17H,2,5-7,16H2,1H3. The number of benzene rings is 1. The lowest BCUT2D eigenvalue weighted by atomic mass is 9.91. The third kappa shape index (κ3) is 2.84. The number of rotatable bonds is 4. The minimum atomic E-state index is -0.546. The molecular weight excluding hydrogens is 254 g/mol. The van der Waals surface area contributed by atoms with Crippen LogP contribution in [0.1, 0.15) is 25.3 Å². The smallest absolute Gasteiger partial charge is 0.129 e. The Bertz CT molecular complexity index is 419. The van der Waals surface area contributed by atoms with Crippen molar-refractivity contribution in [3.8, 4) is 0 Å². The van der Waals surface area contributed by atoms with E-state index in [0.29, 0.717) is 12.0 Å². The summed E-state index contributed by atoms with van der Waals surface area (Å²) < 4.78 is 26.5. The first kappa shape index (κ1) is 13.8. The first-order chi connectivity index (χ1) is 8.55. The average molecular weight is 272 g/mol. The number of thioether (sulfide) groups is 1. The molecule has 1 fully saturated rings. The molecule has 0 saturated carbocycles. The minimum Gasteiger partial charge on any atom is -0.271 e. The summed E-state index contributed by atoms with van der Waals surface area (Å²) in [5, 5.41) is 0. The minimum absolute atomic E-state index is 0.00930. The molecule has 0 spiro atoms. The maximum Gasteiger partial charge on any atom is 0.129 e. The summed E-state index contributed by atoms with van der Waals surface area (Å²) in [5.74, 6) is 5.67. The summed E-state index contributed by atoms with van der Waals surface area (Å²) in [6, 6.07) is 3.70.